The van der Waals surface area contributed by atoms with Crippen molar-refractivity contribution in [2.75, 3.05) is 13.2 Å². The molecule has 2 nitrogen and oxygen atoms in total. The quantitative estimate of drug-likeness (QED) is 0.773. The maximum atomic E-state index is 8.92. The number of hydrogen-bond acceptors (Lipinski definition) is 2. The Balaban J connectivity index is 2.32. The molecule has 0 aliphatic heterocycles. The maximum Gasteiger partial charge on any atom is 0.0436 e. The van der Waals surface area contributed by atoms with Gasteiger partial charge in [-0.05, 0) is 24.3 Å². The lowest BCUT2D eigenvalue weighted by atomic mass is 9.90. The van der Waals surface area contributed by atoms with Gasteiger partial charge in [0.15, 0.2) is 0 Å². The van der Waals surface area contributed by atoms with Gasteiger partial charge < -0.3 is 10.4 Å². The molecule has 0 amide bonds. The second-order valence-corrected chi connectivity index (χ2v) is 5.23. The minimum absolute atomic E-state index is 0.166. The Morgan fingerprint density at radius 1 is 1.19 bits per heavy atom. The molecule has 0 aromatic heterocycles. The van der Waals surface area contributed by atoms with Crippen molar-refractivity contribution in [3.05, 3.63) is 35.4 Å². The van der Waals surface area contributed by atoms with Crippen LogP contribution in [0.25, 0.3) is 0 Å². The first-order valence-corrected chi connectivity index (χ1v) is 5.91. The van der Waals surface area contributed by atoms with Gasteiger partial charge in [0, 0.05) is 19.7 Å². The van der Waals surface area contributed by atoms with Crippen molar-refractivity contribution in [3.63, 3.8) is 0 Å². The minimum atomic E-state index is 0.166. The van der Waals surface area contributed by atoms with E-state index in [2.05, 4.69) is 50.4 Å². The van der Waals surface area contributed by atoms with Gasteiger partial charge in [-0.25, -0.2) is 0 Å². The predicted molar refractivity (Wildman–Crippen MR) is 68.4 cm³/mol. The van der Waals surface area contributed by atoms with Gasteiger partial charge in [-0.15, -0.1) is 0 Å². The van der Waals surface area contributed by atoms with Crippen LogP contribution in [0.3, 0.4) is 0 Å². The summed E-state index contributed by atoms with van der Waals surface area (Å²) in [5.41, 5.74) is 2.77. The van der Waals surface area contributed by atoms with E-state index in [1.54, 1.807) is 0 Å². The highest BCUT2D eigenvalue weighted by molar-refractivity contribution is 5.21. The smallest absolute Gasteiger partial charge is 0.0436 e. The summed E-state index contributed by atoms with van der Waals surface area (Å²) in [7, 11) is 0. The zero-order valence-corrected chi connectivity index (χ0v) is 10.6. The van der Waals surface area contributed by atoms with E-state index < -0.39 is 0 Å². The Kier molecular flexibility index (Phi) is 4.97. The minimum Gasteiger partial charge on any atom is -0.396 e. The number of hydrogen-bond donors (Lipinski definition) is 2. The van der Waals surface area contributed by atoms with Gasteiger partial charge in [-0.3, -0.25) is 0 Å². The lowest BCUT2D eigenvalue weighted by Crippen LogP contribution is -2.29. The largest absolute Gasteiger partial charge is 0.396 e. The molecule has 0 heterocycles. The lowest BCUT2D eigenvalue weighted by Gasteiger charge is -2.24. The van der Waals surface area contributed by atoms with E-state index >= 15 is 0 Å². The van der Waals surface area contributed by atoms with Crippen molar-refractivity contribution in [3.8, 4) is 0 Å². The number of nitrogens with one attached hydrogen (secondary N) is 1. The molecule has 0 saturated heterocycles. The zero-order valence-electron chi connectivity index (χ0n) is 10.6. The fourth-order valence-corrected chi connectivity index (χ4v) is 1.64. The third-order valence-corrected chi connectivity index (χ3v) is 2.84. The van der Waals surface area contributed by atoms with Gasteiger partial charge in [0.25, 0.3) is 0 Å². The molecule has 0 fully saturated rings. The Hall–Kier alpha value is -0.860. The van der Waals surface area contributed by atoms with Crippen molar-refractivity contribution in [1.82, 2.24) is 5.32 Å². The van der Waals surface area contributed by atoms with Gasteiger partial charge in [0.1, 0.15) is 0 Å². The molecule has 0 aliphatic rings. The summed E-state index contributed by atoms with van der Waals surface area (Å²) < 4.78 is 0. The van der Waals surface area contributed by atoms with Gasteiger partial charge >= 0.3 is 0 Å². The zero-order chi connectivity index (χ0) is 12.0. The van der Waals surface area contributed by atoms with Crippen LogP contribution in [0.2, 0.25) is 0 Å². The molecule has 0 radical (unpaired) electrons. The van der Waals surface area contributed by atoms with Crippen LogP contribution >= 0.6 is 0 Å². The van der Waals surface area contributed by atoms with Crippen LogP contribution in [0, 0.1) is 12.3 Å². The fraction of sp³-hybridized carbons (Fsp3) is 0.571. The molecule has 0 saturated carbocycles. The summed E-state index contributed by atoms with van der Waals surface area (Å²) >= 11 is 0. The average molecular weight is 221 g/mol. The number of aryl methyl sites for hydroxylation is 1. The Bertz CT molecular complexity index is 303. The molecule has 0 spiro atoms. The van der Waals surface area contributed by atoms with Crippen LogP contribution in [-0.2, 0) is 6.54 Å². The van der Waals surface area contributed by atoms with E-state index in [0.29, 0.717) is 0 Å². The Morgan fingerprint density at radius 3 is 2.38 bits per heavy atom. The highest BCUT2D eigenvalue weighted by Crippen LogP contribution is 2.18. The fourth-order valence-electron chi connectivity index (χ4n) is 1.64. The van der Waals surface area contributed by atoms with E-state index in [0.717, 1.165) is 19.5 Å². The molecule has 2 heteroatoms. The summed E-state index contributed by atoms with van der Waals surface area (Å²) in [6, 6.07) is 8.58. The highest BCUT2D eigenvalue weighted by atomic mass is 16.3. The second kappa shape index (κ2) is 6.02. The Labute approximate surface area is 98.7 Å². The third-order valence-electron chi connectivity index (χ3n) is 2.84. The second-order valence-electron chi connectivity index (χ2n) is 5.23. The number of benzene rings is 1. The number of aliphatic hydroxyl groups is 1. The van der Waals surface area contributed by atoms with E-state index in [1.165, 1.54) is 11.1 Å². The summed E-state index contributed by atoms with van der Waals surface area (Å²) in [5, 5.41) is 12.4. The van der Waals surface area contributed by atoms with Crippen molar-refractivity contribution >= 4 is 0 Å². The van der Waals surface area contributed by atoms with Crippen molar-refractivity contribution < 1.29 is 5.11 Å². The molecule has 2 N–H and O–H groups in total. The molecule has 1 aromatic carbocycles. The molecule has 16 heavy (non-hydrogen) atoms. The molecule has 90 valence electrons. The molecule has 1 rings (SSSR count). The van der Waals surface area contributed by atoms with Crippen LogP contribution in [0.1, 0.15) is 31.4 Å². The molecular formula is C14H23NO. The molecule has 1 aromatic rings. The van der Waals surface area contributed by atoms with Gasteiger partial charge in [0.05, 0.1) is 0 Å². The first kappa shape index (κ1) is 13.2. The SMILES string of the molecule is Cc1ccc(CNCC(C)(C)CCO)cc1. The van der Waals surface area contributed by atoms with E-state index in [1.807, 2.05) is 0 Å². The lowest BCUT2D eigenvalue weighted by molar-refractivity contribution is 0.207. The van der Waals surface area contributed by atoms with Crippen LogP contribution in [0.4, 0.5) is 0 Å². The van der Waals surface area contributed by atoms with Crippen LogP contribution < -0.4 is 5.32 Å². The monoisotopic (exact) mass is 221 g/mol. The summed E-state index contributed by atoms with van der Waals surface area (Å²) in [6.07, 6.45) is 0.841. The van der Waals surface area contributed by atoms with E-state index in [9.17, 15) is 0 Å². The molecule has 0 atom stereocenters. The topological polar surface area (TPSA) is 32.3 Å². The Morgan fingerprint density at radius 2 is 1.81 bits per heavy atom. The van der Waals surface area contributed by atoms with E-state index in [-0.39, 0.29) is 12.0 Å². The summed E-state index contributed by atoms with van der Waals surface area (Å²) in [4.78, 5) is 0. The van der Waals surface area contributed by atoms with Gasteiger partial charge in [-0.1, -0.05) is 43.7 Å². The highest BCUT2D eigenvalue weighted by Gasteiger charge is 2.15. The van der Waals surface area contributed by atoms with Gasteiger partial charge in [0.2, 0.25) is 0 Å². The first-order chi connectivity index (χ1) is 7.53. The van der Waals surface area contributed by atoms with Crippen LogP contribution in [0.15, 0.2) is 24.3 Å². The third kappa shape index (κ3) is 4.77. The molecule has 0 bridgehead atoms. The molecule has 0 unspecified atom stereocenters. The van der Waals surface area contributed by atoms with Crippen molar-refractivity contribution in [2.24, 2.45) is 5.41 Å². The summed E-state index contributed by atoms with van der Waals surface area (Å²) in [5.74, 6) is 0. The maximum absolute atomic E-state index is 8.92. The average Bonchev–Trinajstić information content (AvgIpc) is 2.20. The van der Waals surface area contributed by atoms with Crippen LogP contribution in [0.5, 0.6) is 0 Å². The summed E-state index contributed by atoms with van der Waals surface area (Å²) in [6.45, 7) is 8.54. The predicted octanol–water partition coefficient (Wildman–Crippen LogP) is 2.49. The molecular weight excluding hydrogens is 198 g/mol. The normalized spacial score (nSPS) is 11.8. The van der Waals surface area contributed by atoms with E-state index in [4.69, 9.17) is 5.11 Å². The standard InChI is InChI=1S/C14H23NO/c1-12-4-6-13(7-5-12)10-15-11-14(2,3)8-9-16/h4-7,15-16H,8-11H2,1-3H3. The van der Waals surface area contributed by atoms with Gasteiger partial charge in [-0.2, -0.15) is 0 Å². The van der Waals surface area contributed by atoms with Crippen molar-refractivity contribution in [1.29, 1.82) is 0 Å². The molecule has 0 aliphatic carbocycles. The van der Waals surface area contributed by atoms with Crippen LogP contribution in [-0.4, -0.2) is 18.3 Å². The first-order valence-electron chi connectivity index (χ1n) is 5.91. The number of rotatable bonds is 6. The number of aliphatic hydroxyl groups excluding tert-OH is 1. The van der Waals surface area contributed by atoms with Crippen molar-refractivity contribution in [2.45, 2.75) is 33.7 Å².